The molecule has 0 spiro atoms. The van der Waals surface area contributed by atoms with Crippen LogP contribution in [0.5, 0.6) is 0 Å². The van der Waals surface area contributed by atoms with E-state index in [1.165, 1.54) is 0 Å². The molecule has 0 saturated carbocycles. The van der Waals surface area contributed by atoms with E-state index in [9.17, 15) is 9.59 Å². The molecule has 2 amide bonds. The van der Waals surface area contributed by atoms with Crippen LogP contribution in [-0.4, -0.2) is 16.8 Å². The Morgan fingerprint density at radius 2 is 1.81 bits per heavy atom. The molecule has 1 aromatic carbocycles. The van der Waals surface area contributed by atoms with Crippen molar-refractivity contribution in [1.82, 2.24) is 15.8 Å². The van der Waals surface area contributed by atoms with Crippen LogP contribution in [0.15, 0.2) is 47.0 Å². The Labute approximate surface area is 120 Å². The van der Waals surface area contributed by atoms with Crippen molar-refractivity contribution in [3.63, 3.8) is 0 Å². The number of hydrazine groups is 1. The molecule has 0 aliphatic heterocycles. The summed E-state index contributed by atoms with van der Waals surface area (Å²) in [7, 11) is 0. The molecule has 3 rings (SSSR count). The van der Waals surface area contributed by atoms with Gasteiger partial charge >= 0.3 is 5.91 Å². The molecule has 3 N–H and O–H groups in total. The maximum Gasteiger partial charge on any atom is 0.305 e. The minimum absolute atomic E-state index is 0.145. The zero-order chi connectivity index (χ0) is 14.8. The fourth-order valence-electron chi connectivity index (χ4n) is 2.06. The molecular weight excluding hydrogens is 270 g/mol. The predicted molar refractivity (Wildman–Crippen MR) is 76.7 cm³/mol. The van der Waals surface area contributed by atoms with Crippen LogP contribution in [0.4, 0.5) is 0 Å². The average Bonchev–Trinajstić information content (AvgIpc) is 3.10. The number of hydrogen-bond donors (Lipinski definition) is 3. The normalized spacial score (nSPS) is 10.5. The van der Waals surface area contributed by atoms with Gasteiger partial charge in [0.15, 0.2) is 5.76 Å². The molecule has 0 bridgehead atoms. The number of carbonyl (C=O) groups is 2. The largest absolute Gasteiger partial charge is 0.456 e. The highest BCUT2D eigenvalue weighted by molar-refractivity contribution is 6.07. The van der Waals surface area contributed by atoms with Crippen molar-refractivity contribution in [1.29, 1.82) is 0 Å². The number of carbonyl (C=O) groups excluding carboxylic acids is 2. The van der Waals surface area contributed by atoms with Gasteiger partial charge in [-0.15, -0.1) is 0 Å². The van der Waals surface area contributed by atoms with Crippen molar-refractivity contribution in [2.24, 2.45) is 0 Å². The number of H-pyrrole nitrogens is 1. The molecule has 0 atom stereocenters. The van der Waals surface area contributed by atoms with Gasteiger partial charge in [-0.05, 0) is 25.1 Å². The molecule has 0 fully saturated rings. The first-order valence-electron chi connectivity index (χ1n) is 6.38. The third-order valence-corrected chi connectivity index (χ3v) is 3.09. The summed E-state index contributed by atoms with van der Waals surface area (Å²) in [6, 6.07) is 10.6. The second-order valence-corrected chi connectivity index (χ2v) is 4.57. The Morgan fingerprint density at radius 3 is 2.57 bits per heavy atom. The zero-order valence-corrected chi connectivity index (χ0v) is 11.3. The Hall–Kier alpha value is -3.02. The van der Waals surface area contributed by atoms with E-state index in [0.717, 1.165) is 10.9 Å². The topological polar surface area (TPSA) is 87.1 Å². The summed E-state index contributed by atoms with van der Waals surface area (Å²) in [4.78, 5) is 26.9. The number of aromatic amines is 1. The first-order valence-corrected chi connectivity index (χ1v) is 6.38. The molecule has 3 aromatic rings. The second kappa shape index (κ2) is 5.16. The number of amides is 2. The minimum Gasteiger partial charge on any atom is -0.456 e. The van der Waals surface area contributed by atoms with Gasteiger partial charge in [-0.2, -0.15) is 0 Å². The highest BCUT2D eigenvalue weighted by atomic mass is 16.3. The quantitative estimate of drug-likeness (QED) is 0.630. The van der Waals surface area contributed by atoms with Crippen LogP contribution in [0.25, 0.3) is 10.9 Å². The Kier molecular flexibility index (Phi) is 3.19. The number of fused-ring (bicyclic) bond motifs is 1. The van der Waals surface area contributed by atoms with E-state index in [4.69, 9.17) is 4.42 Å². The fraction of sp³-hybridized carbons (Fsp3) is 0.0667. The van der Waals surface area contributed by atoms with Crippen molar-refractivity contribution < 1.29 is 14.0 Å². The van der Waals surface area contributed by atoms with Crippen LogP contribution >= 0.6 is 0 Å². The molecule has 0 aliphatic carbocycles. The first kappa shape index (κ1) is 13.0. The molecule has 2 heterocycles. The molecule has 2 aromatic heterocycles. The second-order valence-electron chi connectivity index (χ2n) is 4.57. The van der Waals surface area contributed by atoms with E-state index in [-0.39, 0.29) is 5.76 Å². The third kappa shape index (κ3) is 2.51. The minimum atomic E-state index is -0.503. The monoisotopic (exact) mass is 283 g/mol. The van der Waals surface area contributed by atoms with Crippen molar-refractivity contribution in [3.05, 3.63) is 59.7 Å². The number of hydrogen-bond acceptors (Lipinski definition) is 3. The SMILES string of the molecule is Cc1ccc(C(=O)NNC(=O)c2c[nH]c3ccccc23)o1. The lowest BCUT2D eigenvalue weighted by molar-refractivity contribution is 0.0831. The van der Waals surface area contributed by atoms with Crippen molar-refractivity contribution in [2.45, 2.75) is 6.92 Å². The third-order valence-electron chi connectivity index (χ3n) is 3.09. The molecule has 6 heteroatoms. The van der Waals surface area contributed by atoms with Crippen molar-refractivity contribution in [3.8, 4) is 0 Å². The van der Waals surface area contributed by atoms with Crippen LogP contribution < -0.4 is 10.9 Å². The molecular formula is C15H13N3O3. The summed E-state index contributed by atoms with van der Waals surface area (Å²) in [5, 5.41) is 0.790. The number of furan rings is 1. The summed E-state index contributed by atoms with van der Waals surface area (Å²) in [6.07, 6.45) is 1.60. The maximum atomic E-state index is 12.1. The molecule has 6 nitrogen and oxygen atoms in total. The van der Waals surface area contributed by atoms with Crippen molar-refractivity contribution >= 4 is 22.7 Å². The molecule has 0 unspecified atom stereocenters. The Morgan fingerprint density at radius 1 is 1.05 bits per heavy atom. The van der Waals surface area contributed by atoms with Gasteiger partial charge < -0.3 is 9.40 Å². The summed E-state index contributed by atoms with van der Waals surface area (Å²) in [5.74, 6) is -0.129. The first-order chi connectivity index (χ1) is 10.1. The number of aromatic nitrogens is 1. The number of aryl methyl sites for hydroxylation is 1. The smallest absolute Gasteiger partial charge is 0.305 e. The number of rotatable bonds is 2. The standard InChI is InChI=1S/C15H13N3O3/c1-9-6-7-13(21-9)15(20)18-17-14(19)11-8-16-12-5-3-2-4-10(11)12/h2-8,16H,1H3,(H,17,19)(H,18,20). The average molecular weight is 283 g/mol. The van der Waals surface area contributed by atoms with Crippen LogP contribution in [0.3, 0.4) is 0 Å². The van der Waals surface area contributed by atoms with E-state index in [1.807, 2.05) is 24.3 Å². The summed E-state index contributed by atoms with van der Waals surface area (Å²) < 4.78 is 5.17. The highest BCUT2D eigenvalue weighted by Gasteiger charge is 2.14. The summed E-state index contributed by atoms with van der Waals surface area (Å²) in [6.45, 7) is 1.74. The van der Waals surface area contributed by atoms with Crippen LogP contribution in [0.1, 0.15) is 26.7 Å². The predicted octanol–water partition coefficient (Wildman–Crippen LogP) is 2.14. The van der Waals surface area contributed by atoms with Gasteiger partial charge in [0.2, 0.25) is 0 Å². The lowest BCUT2D eigenvalue weighted by atomic mass is 10.2. The lowest BCUT2D eigenvalue weighted by Crippen LogP contribution is -2.41. The number of nitrogens with one attached hydrogen (secondary N) is 3. The van der Waals surface area contributed by atoms with Gasteiger partial charge in [0.05, 0.1) is 5.56 Å². The van der Waals surface area contributed by atoms with Gasteiger partial charge in [0, 0.05) is 17.1 Å². The number of benzene rings is 1. The molecule has 21 heavy (non-hydrogen) atoms. The Balaban J connectivity index is 1.71. The van der Waals surface area contributed by atoms with E-state index in [2.05, 4.69) is 15.8 Å². The van der Waals surface area contributed by atoms with Gasteiger partial charge in [-0.1, -0.05) is 18.2 Å². The molecule has 106 valence electrons. The van der Waals surface area contributed by atoms with Gasteiger partial charge in [-0.25, -0.2) is 0 Å². The summed E-state index contributed by atoms with van der Waals surface area (Å²) >= 11 is 0. The van der Waals surface area contributed by atoms with Gasteiger partial charge in [0.1, 0.15) is 5.76 Å². The zero-order valence-electron chi connectivity index (χ0n) is 11.3. The molecule has 0 aliphatic rings. The fourth-order valence-corrected chi connectivity index (χ4v) is 2.06. The van der Waals surface area contributed by atoms with Crippen molar-refractivity contribution in [2.75, 3.05) is 0 Å². The molecule has 0 saturated heterocycles. The van der Waals surface area contributed by atoms with Crippen LogP contribution in [0.2, 0.25) is 0 Å². The van der Waals surface area contributed by atoms with Gasteiger partial charge in [-0.3, -0.25) is 20.4 Å². The Bertz CT molecular complexity index is 816. The van der Waals surface area contributed by atoms with E-state index < -0.39 is 11.8 Å². The van der Waals surface area contributed by atoms with E-state index in [1.54, 1.807) is 25.3 Å². The van der Waals surface area contributed by atoms with Crippen LogP contribution in [0, 0.1) is 6.92 Å². The van der Waals surface area contributed by atoms with Gasteiger partial charge in [0.25, 0.3) is 5.91 Å². The van der Waals surface area contributed by atoms with Crippen LogP contribution in [-0.2, 0) is 0 Å². The number of para-hydroxylation sites is 1. The highest BCUT2D eigenvalue weighted by Crippen LogP contribution is 2.17. The maximum absolute atomic E-state index is 12.1. The van der Waals surface area contributed by atoms with E-state index in [0.29, 0.717) is 11.3 Å². The lowest BCUT2D eigenvalue weighted by Gasteiger charge is -2.05. The summed E-state index contributed by atoms with van der Waals surface area (Å²) in [5.41, 5.74) is 6.00. The van der Waals surface area contributed by atoms with E-state index >= 15 is 0 Å². The molecule has 0 radical (unpaired) electrons.